The van der Waals surface area contributed by atoms with Crippen LogP contribution in [-0.4, -0.2) is 38.3 Å². The molecule has 0 atom stereocenters. The van der Waals surface area contributed by atoms with Crippen LogP contribution in [0.25, 0.3) is 11.0 Å². The summed E-state index contributed by atoms with van der Waals surface area (Å²) >= 11 is 1.86. The predicted molar refractivity (Wildman–Crippen MR) is 81.9 cm³/mol. The average Bonchev–Trinajstić information content (AvgIpc) is 2.76. The molecule has 2 rings (SSSR count). The van der Waals surface area contributed by atoms with Gasteiger partial charge in [0.05, 0.1) is 11.6 Å². The maximum absolute atomic E-state index is 4.63. The lowest BCUT2D eigenvalue weighted by molar-refractivity contribution is 0.751. The molecule has 5 nitrogen and oxygen atoms in total. The molecule has 2 aromatic rings. The molecule has 0 fully saturated rings. The van der Waals surface area contributed by atoms with E-state index in [0.29, 0.717) is 5.92 Å². The van der Waals surface area contributed by atoms with Crippen LogP contribution < -0.4 is 5.32 Å². The predicted octanol–water partition coefficient (Wildman–Crippen LogP) is 2.65. The summed E-state index contributed by atoms with van der Waals surface area (Å²) in [5.74, 6) is 3.24. The zero-order chi connectivity index (χ0) is 13.8. The number of nitrogens with zero attached hydrogens (tertiary/aromatic N) is 4. The molecule has 0 aliphatic heterocycles. The van der Waals surface area contributed by atoms with E-state index in [1.54, 1.807) is 4.68 Å². The molecule has 0 saturated heterocycles. The molecule has 0 amide bonds. The molecule has 104 valence electrons. The minimum absolute atomic E-state index is 0.311. The zero-order valence-corrected chi connectivity index (χ0v) is 12.8. The van der Waals surface area contributed by atoms with Gasteiger partial charge in [-0.25, -0.2) is 9.97 Å². The highest BCUT2D eigenvalue weighted by Gasteiger charge is 2.12. The molecule has 2 aromatic heterocycles. The summed E-state index contributed by atoms with van der Waals surface area (Å²) in [6, 6.07) is 0. The molecule has 0 aromatic carbocycles. The highest BCUT2D eigenvalue weighted by Crippen LogP contribution is 2.22. The van der Waals surface area contributed by atoms with Crippen molar-refractivity contribution >= 4 is 28.6 Å². The Morgan fingerprint density at radius 2 is 2.16 bits per heavy atom. The topological polar surface area (TPSA) is 55.6 Å². The highest BCUT2D eigenvalue weighted by atomic mass is 32.2. The molecule has 0 spiro atoms. The van der Waals surface area contributed by atoms with Gasteiger partial charge in [-0.3, -0.25) is 4.68 Å². The normalized spacial score (nSPS) is 11.4. The highest BCUT2D eigenvalue weighted by molar-refractivity contribution is 7.98. The lowest BCUT2D eigenvalue weighted by Gasteiger charge is -2.10. The summed E-state index contributed by atoms with van der Waals surface area (Å²) in [7, 11) is 1.91. The van der Waals surface area contributed by atoms with E-state index < -0.39 is 0 Å². The number of nitrogens with one attached hydrogen (secondary N) is 1. The van der Waals surface area contributed by atoms with Crippen molar-refractivity contribution < 1.29 is 0 Å². The third-order valence-corrected chi connectivity index (χ3v) is 3.64. The van der Waals surface area contributed by atoms with Gasteiger partial charge in [-0.05, 0) is 18.4 Å². The van der Waals surface area contributed by atoms with Gasteiger partial charge in [0, 0.05) is 19.5 Å². The van der Waals surface area contributed by atoms with Crippen LogP contribution in [-0.2, 0) is 7.05 Å². The van der Waals surface area contributed by atoms with Crippen LogP contribution in [0.15, 0.2) is 6.20 Å². The monoisotopic (exact) mass is 279 g/mol. The van der Waals surface area contributed by atoms with Gasteiger partial charge in [-0.2, -0.15) is 16.9 Å². The van der Waals surface area contributed by atoms with Crippen molar-refractivity contribution in [3.05, 3.63) is 12.0 Å². The fraction of sp³-hybridized carbons (Fsp3) is 0.615. The number of fused-ring (bicyclic) bond motifs is 1. The third-order valence-electron chi connectivity index (χ3n) is 2.94. The van der Waals surface area contributed by atoms with Gasteiger partial charge in [0.25, 0.3) is 0 Å². The first-order chi connectivity index (χ1) is 9.13. The first-order valence-electron chi connectivity index (χ1n) is 6.56. The van der Waals surface area contributed by atoms with Crippen molar-refractivity contribution in [2.75, 3.05) is 23.9 Å². The summed E-state index contributed by atoms with van der Waals surface area (Å²) in [4.78, 5) is 9.21. The number of hydrogen-bond acceptors (Lipinski definition) is 5. The number of thioether (sulfide) groups is 1. The fourth-order valence-corrected chi connectivity index (χ4v) is 2.29. The number of anilines is 1. The van der Waals surface area contributed by atoms with E-state index in [1.165, 1.54) is 0 Å². The van der Waals surface area contributed by atoms with Crippen molar-refractivity contribution in [1.29, 1.82) is 0 Å². The van der Waals surface area contributed by atoms with E-state index in [4.69, 9.17) is 0 Å². The van der Waals surface area contributed by atoms with E-state index in [-0.39, 0.29) is 0 Å². The number of rotatable bonds is 6. The fourth-order valence-electron chi connectivity index (χ4n) is 1.86. The van der Waals surface area contributed by atoms with Crippen LogP contribution in [0.3, 0.4) is 0 Å². The van der Waals surface area contributed by atoms with E-state index in [0.717, 1.165) is 41.4 Å². The number of hydrogen-bond donors (Lipinski definition) is 1. The van der Waals surface area contributed by atoms with Crippen molar-refractivity contribution in [2.24, 2.45) is 7.05 Å². The van der Waals surface area contributed by atoms with Crippen LogP contribution in [0.5, 0.6) is 0 Å². The van der Waals surface area contributed by atoms with E-state index >= 15 is 0 Å². The summed E-state index contributed by atoms with van der Waals surface area (Å²) in [5.41, 5.74) is 0.895. The second-order valence-electron chi connectivity index (χ2n) is 4.86. The molecule has 0 aliphatic carbocycles. The SMILES string of the molecule is CSCCCNc1nc(C(C)C)nc2c1cnn2C. The molecular formula is C13H21N5S. The van der Waals surface area contributed by atoms with Crippen LogP contribution >= 0.6 is 11.8 Å². The first-order valence-corrected chi connectivity index (χ1v) is 7.95. The quantitative estimate of drug-likeness (QED) is 0.824. The second kappa shape index (κ2) is 6.23. The van der Waals surface area contributed by atoms with Gasteiger partial charge in [0.2, 0.25) is 0 Å². The van der Waals surface area contributed by atoms with Gasteiger partial charge in [0.1, 0.15) is 11.6 Å². The lowest BCUT2D eigenvalue weighted by atomic mass is 10.2. The van der Waals surface area contributed by atoms with Gasteiger partial charge >= 0.3 is 0 Å². The Hall–Kier alpha value is -1.30. The Morgan fingerprint density at radius 3 is 2.84 bits per heavy atom. The molecule has 0 unspecified atom stereocenters. The average molecular weight is 279 g/mol. The largest absolute Gasteiger partial charge is 0.369 e. The van der Waals surface area contributed by atoms with Gasteiger partial charge in [-0.1, -0.05) is 13.8 Å². The van der Waals surface area contributed by atoms with E-state index in [1.807, 2.05) is 25.0 Å². The molecule has 19 heavy (non-hydrogen) atoms. The molecule has 6 heteroatoms. The van der Waals surface area contributed by atoms with E-state index in [2.05, 4.69) is 40.5 Å². The van der Waals surface area contributed by atoms with Crippen molar-refractivity contribution in [2.45, 2.75) is 26.2 Å². The van der Waals surface area contributed by atoms with Crippen molar-refractivity contribution in [3.8, 4) is 0 Å². The van der Waals surface area contributed by atoms with Crippen LogP contribution in [0.1, 0.15) is 32.0 Å². The molecule has 2 heterocycles. The standard InChI is InChI=1S/C13H21N5S/c1-9(2)11-16-12(14-6-5-7-19-4)10-8-15-18(3)13(10)17-11/h8-9H,5-7H2,1-4H3,(H,14,16,17). The smallest absolute Gasteiger partial charge is 0.163 e. The first kappa shape index (κ1) is 14.1. The minimum Gasteiger partial charge on any atom is -0.369 e. The molecule has 0 bridgehead atoms. The van der Waals surface area contributed by atoms with Gasteiger partial charge in [-0.15, -0.1) is 0 Å². The molecule has 0 aliphatic rings. The summed E-state index contributed by atoms with van der Waals surface area (Å²) in [6.07, 6.45) is 5.08. The Bertz CT molecular complexity index is 549. The Morgan fingerprint density at radius 1 is 1.37 bits per heavy atom. The van der Waals surface area contributed by atoms with Crippen LogP contribution in [0.4, 0.5) is 5.82 Å². The van der Waals surface area contributed by atoms with E-state index in [9.17, 15) is 0 Å². The van der Waals surface area contributed by atoms with Gasteiger partial charge < -0.3 is 5.32 Å². The lowest BCUT2D eigenvalue weighted by Crippen LogP contribution is -2.08. The van der Waals surface area contributed by atoms with Crippen molar-refractivity contribution in [1.82, 2.24) is 19.7 Å². The molecule has 0 saturated carbocycles. The maximum Gasteiger partial charge on any atom is 0.163 e. The number of aromatic nitrogens is 4. The van der Waals surface area contributed by atoms with Crippen molar-refractivity contribution in [3.63, 3.8) is 0 Å². The van der Waals surface area contributed by atoms with Crippen LogP contribution in [0.2, 0.25) is 0 Å². The Kier molecular flexibility index (Phi) is 4.63. The molecule has 1 N–H and O–H groups in total. The summed E-state index contributed by atoms with van der Waals surface area (Å²) < 4.78 is 1.80. The second-order valence-corrected chi connectivity index (χ2v) is 5.85. The summed E-state index contributed by atoms with van der Waals surface area (Å²) in [6.45, 7) is 5.14. The Balaban J connectivity index is 2.29. The minimum atomic E-state index is 0.311. The third kappa shape index (κ3) is 3.18. The Labute approximate surface area is 118 Å². The number of aryl methyl sites for hydroxylation is 1. The van der Waals surface area contributed by atoms with Crippen LogP contribution in [0, 0.1) is 0 Å². The maximum atomic E-state index is 4.63. The molecular weight excluding hydrogens is 258 g/mol. The van der Waals surface area contributed by atoms with Gasteiger partial charge in [0.15, 0.2) is 5.65 Å². The summed E-state index contributed by atoms with van der Waals surface area (Å²) in [5, 5.41) is 8.68. The molecule has 0 radical (unpaired) electrons. The zero-order valence-electron chi connectivity index (χ0n) is 12.0.